The van der Waals surface area contributed by atoms with Crippen LogP contribution in [0, 0.1) is 5.82 Å². The van der Waals surface area contributed by atoms with Gasteiger partial charge in [-0.15, -0.1) is 0 Å². The SMILES string of the molecule is COc1ccccc1CN(C)c1ccc(F)cc1CO. The molecule has 0 saturated heterocycles. The predicted octanol–water partition coefficient (Wildman–Crippen LogP) is 2.96. The van der Waals surface area contributed by atoms with Crippen molar-refractivity contribution in [1.29, 1.82) is 0 Å². The van der Waals surface area contributed by atoms with Crippen molar-refractivity contribution in [3.63, 3.8) is 0 Å². The van der Waals surface area contributed by atoms with Crippen LogP contribution in [-0.4, -0.2) is 19.3 Å². The van der Waals surface area contributed by atoms with Gasteiger partial charge in [0.05, 0.1) is 13.7 Å². The van der Waals surface area contributed by atoms with Crippen LogP contribution in [-0.2, 0) is 13.2 Å². The third-order valence-electron chi connectivity index (χ3n) is 3.22. The summed E-state index contributed by atoms with van der Waals surface area (Å²) in [5.41, 5.74) is 2.41. The Balaban J connectivity index is 2.26. The lowest BCUT2D eigenvalue weighted by Crippen LogP contribution is -2.18. The van der Waals surface area contributed by atoms with Crippen molar-refractivity contribution >= 4 is 5.69 Å². The molecule has 2 aromatic carbocycles. The number of para-hydroxylation sites is 1. The van der Waals surface area contributed by atoms with E-state index in [0.29, 0.717) is 12.1 Å². The average Bonchev–Trinajstić information content (AvgIpc) is 2.47. The third-order valence-corrected chi connectivity index (χ3v) is 3.22. The average molecular weight is 275 g/mol. The summed E-state index contributed by atoms with van der Waals surface area (Å²) in [4.78, 5) is 1.96. The molecule has 106 valence electrons. The van der Waals surface area contributed by atoms with Crippen LogP contribution in [0.15, 0.2) is 42.5 Å². The zero-order valence-electron chi connectivity index (χ0n) is 11.6. The minimum atomic E-state index is -0.344. The van der Waals surface area contributed by atoms with Gasteiger partial charge < -0.3 is 14.7 Å². The lowest BCUT2D eigenvalue weighted by Gasteiger charge is -2.23. The van der Waals surface area contributed by atoms with Gasteiger partial charge in [0.15, 0.2) is 0 Å². The van der Waals surface area contributed by atoms with E-state index >= 15 is 0 Å². The van der Waals surface area contributed by atoms with Gasteiger partial charge in [-0.1, -0.05) is 18.2 Å². The minimum absolute atomic E-state index is 0.191. The second-order valence-corrected chi connectivity index (χ2v) is 4.60. The van der Waals surface area contributed by atoms with Crippen LogP contribution in [0.3, 0.4) is 0 Å². The number of anilines is 1. The van der Waals surface area contributed by atoms with Gasteiger partial charge in [0.25, 0.3) is 0 Å². The van der Waals surface area contributed by atoms with Crippen LogP contribution in [0.25, 0.3) is 0 Å². The molecule has 0 aromatic heterocycles. The molecular weight excluding hydrogens is 257 g/mol. The number of ether oxygens (including phenoxy) is 1. The number of hydrogen-bond donors (Lipinski definition) is 1. The molecule has 3 nitrogen and oxygen atoms in total. The molecule has 0 aliphatic carbocycles. The van der Waals surface area contributed by atoms with Gasteiger partial charge in [-0.2, -0.15) is 0 Å². The molecule has 2 aromatic rings. The molecular formula is C16H18FNO2. The molecule has 0 fully saturated rings. The standard InChI is InChI=1S/C16H18FNO2/c1-18(10-12-5-3-4-6-16(12)20-2)15-8-7-14(17)9-13(15)11-19/h3-9,19H,10-11H2,1-2H3. The van der Waals surface area contributed by atoms with Crippen molar-refractivity contribution in [3.8, 4) is 5.75 Å². The number of nitrogens with zero attached hydrogens (tertiary/aromatic N) is 1. The number of hydrogen-bond acceptors (Lipinski definition) is 3. The molecule has 0 aliphatic heterocycles. The summed E-state index contributed by atoms with van der Waals surface area (Å²) in [6, 6.07) is 12.2. The Kier molecular flexibility index (Phi) is 4.58. The lowest BCUT2D eigenvalue weighted by molar-refractivity contribution is 0.281. The van der Waals surface area contributed by atoms with Crippen LogP contribution in [0.5, 0.6) is 5.75 Å². The zero-order chi connectivity index (χ0) is 14.5. The Morgan fingerprint density at radius 3 is 2.60 bits per heavy atom. The van der Waals surface area contributed by atoms with E-state index in [1.807, 2.05) is 36.2 Å². The summed E-state index contributed by atoms with van der Waals surface area (Å²) in [5.74, 6) is 0.468. The predicted molar refractivity (Wildman–Crippen MR) is 77.4 cm³/mol. The summed E-state index contributed by atoms with van der Waals surface area (Å²) >= 11 is 0. The van der Waals surface area contributed by atoms with Gasteiger partial charge in [0, 0.05) is 30.4 Å². The minimum Gasteiger partial charge on any atom is -0.496 e. The normalized spacial score (nSPS) is 10.4. The van der Waals surface area contributed by atoms with Gasteiger partial charge in [-0.25, -0.2) is 4.39 Å². The Hall–Kier alpha value is -2.07. The molecule has 20 heavy (non-hydrogen) atoms. The molecule has 2 rings (SSSR count). The molecule has 0 bridgehead atoms. The van der Waals surface area contributed by atoms with Gasteiger partial charge in [0.2, 0.25) is 0 Å². The summed E-state index contributed by atoms with van der Waals surface area (Å²) in [6.07, 6.45) is 0. The van der Waals surface area contributed by atoms with E-state index in [9.17, 15) is 9.50 Å². The van der Waals surface area contributed by atoms with E-state index in [4.69, 9.17) is 4.74 Å². The Morgan fingerprint density at radius 1 is 1.15 bits per heavy atom. The Bertz CT molecular complexity index is 586. The van der Waals surface area contributed by atoms with Gasteiger partial charge in [-0.05, 0) is 24.3 Å². The number of methoxy groups -OCH3 is 1. The molecule has 1 N–H and O–H groups in total. The quantitative estimate of drug-likeness (QED) is 0.910. The Labute approximate surface area is 118 Å². The van der Waals surface area contributed by atoms with E-state index in [-0.39, 0.29) is 12.4 Å². The van der Waals surface area contributed by atoms with Crippen molar-refractivity contribution in [1.82, 2.24) is 0 Å². The zero-order valence-corrected chi connectivity index (χ0v) is 11.6. The molecule has 0 radical (unpaired) electrons. The van der Waals surface area contributed by atoms with Crippen LogP contribution in [0.4, 0.5) is 10.1 Å². The molecule has 0 heterocycles. The highest BCUT2D eigenvalue weighted by Gasteiger charge is 2.10. The van der Waals surface area contributed by atoms with E-state index in [0.717, 1.165) is 17.0 Å². The first-order valence-electron chi connectivity index (χ1n) is 6.38. The molecule has 0 saturated carbocycles. The molecule has 0 atom stereocenters. The van der Waals surface area contributed by atoms with E-state index in [1.165, 1.54) is 12.1 Å². The summed E-state index contributed by atoms with van der Waals surface area (Å²) in [5, 5.41) is 9.34. The van der Waals surface area contributed by atoms with Crippen LogP contribution < -0.4 is 9.64 Å². The largest absolute Gasteiger partial charge is 0.496 e. The first kappa shape index (κ1) is 14.3. The Morgan fingerprint density at radius 2 is 1.90 bits per heavy atom. The first-order chi connectivity index (χ1) is 9.65. The second-order valence-electron chi connectivity index (χ2n) is 4.60. The fraction of sp³-hybridized carbons (Fsp3) is 0.250. The number of halogens is 1. The van der Waals surface area contributed by atoms with Crippen LogP contribution in [0.2, 0.25) is 0 Å². The molecule has 0 unspecified atom stereocenters. The number of aliphatic hydroxyl groups is 1. The highest BCUT2D eigenvalue weighted by atomic mass is 19.1. The van der Waals surface area contributed by atoms with Gasteiger partial charge in [0.1, 0.15) is 11.6 Å². The van der Waals surface area contributed by atoms with Crippen molar-refractivity contribution in [3.05, 3.63) is 59.4 Å². The topological polar surface area (TPSA) is 32.7 Å². The highest BCUT2D eigenvalue weighted by molar-refractivity contribution is 5.54. The summed E-state index contributed by atoms with van der Waals surface area (Å²) in [7, 11) is 3.54. The lowest BCUT2D eigenvalue weighted by atomic mass is 10.1. The van der Waals surface area contributed by atoms with Crippen LogP contribution >= 0.6 is 0 Å². The van der Waals surface area contributed by atoms with E-state index < -0.39 is 0 Å². The second kappa shape index (κ2) is 6.39. The first-order valence-corrected chi connectivity index (χ1v) is 6.38. The van der Waals surface area contributed by atoms with Crippen molar-refractivity contribution in [2.75, 3.05) is 19.1 Å². The molecule has 4 heteroatoms. The fourth-order valence-electron chi connectivity index (χ4n) is 2.23. The van der Waals surface area contributed by atoms with Gasteiger partial charge >= 0.3 is 0 Å². The summed E-state index contributed by atoms with van der Waals surface area (Å²) < 4.78 is 18.5. The van der Waals surface area contributed by atoms with Crippen molar-refractivity contribution < 1.29 is 14.2 Å². The highest BCUT2D eigenvalue weighted by Crippen LogP contribution is 2.25. The number of benzene rings is 2. The molecule has 0 aliphatic rings. The van der Waals surface area contributed by atoms with Gasteiger partial charge in [-0.3, -0.25) is 0 Å². The van der Waals surface area contributed by atoms with Crippen molar-refractivity contribution in [2.45, 2.75) is 13.2 Å². The van der Waals surface area contributed by atoms with Crippen molar-refractivity contribution in [2.24, 2.45) is 0 Å². The molecule has 0 amide bonds. The number of aliphatic hydroxyl groups excluding tert-OH is 1. The van der Waals surface area contributed by atoms with E-state index in [1.54, 1.807) is 13.2 Å². The monoisotopic (exact) mass is 275 g/mol. The number of rotatable bonds is 5. The van der Waals surface area contributed by atoms with Crippen LogP contribution in [0.1, 0.15) is 11.1 Å². The molecule has 0 spiro atoms. The summed E-state index contributed by atoms with van der Waals surface area (Å²) in [6.45, 7) is 0.423. The maximum absolute atomic E-state index is 13.2. The van der Waals surface area contributed by atoms with E-state index in [2.05, 4.69) is 0 Å². The maximum atomic E-state index is 13.2. The fourth-order valence-corrected chi connectivity index (χ4v) is 2.23. The third kappa shape index (κ3) is 3.08. The maximum Gasteiger partial charge on any atom is 0.123 e. The smallest absolute Gasteiger partial charge is 0.123 e.